The molecule has 0 amide bonds. The van der Waals surface area contributed by atoms with Crippen molar-refractivity contribution in [2.45, 2.75) is 39.4 Å². The normalized spacial score (nSPS) is 14.9. The molecule has 1 unspecified atom stereocenters. The maximum absolute atomic E-state index is 14.7. The van der Waals surface area contributed by atoms with E-state index in [1.54, 1.807) is 32.9 Å². The quantitative estimate of drug-likeness (QED) is 0.0729. The molecule has 0 fully saturated rings. The first kappa shape index (κ1) is 29.3. The van der Waals surface area contributed by atoms with Crippen molar-refractivity contribution in [3.63, 3.8) is 0 Å². The Kier molecular flexibility index (Phi) is 5.25. The van der Waals surface area contributed by atoms with Gasteiger partial charge in [0.1, 0.15) is 51.7 Å². The molecule has 0 saturated carbocycles. The van der Waals surface area contributed by atoms with E-state index in [1.807, 2.05) is 0 Å². The number of phenolic OH excluding ortho intramolecular Hbond substituents is 7. The van der Waals surface area contributed by atoms with E-state index in [-0.39, 0.29) is 110 Å². The number of aromatic hydroxyl groups is 7. The molecule has 0 saturated heterocycles. The summed E-state index contributed by atoms with van der Waals surface area (Å²) in [5.74, 6) is -3.22. The fourth-order valence-electron chi connectivity index (χ4n) is 8.78. The van der Waals surface area contributed by atoms with Gasteiger partial charge in [-0.1, -0.05) is 20.8 Å². The van der Waals surface area contributed by atoms with E-state index in [1.165, 1.54) is 24.3 Å². The van der Waals surface area contributed by atoms with Crippen molar-refractivity contribution in [3.8, 4) is 51.7 Å². The summed E-state index contributed by atoms with van der Waals surface area (Å²) >= 11 is 0. The van der Waals surface area contributed by atoms with E-state index in [0.29, 0.717) is 5.56 Å². The molecule has 1 aliphatic heterocycles. The van der Waals surface area contributed by atoms with Crippen LogP contribution in [0.25, 0.3) is 75.4 Å². The molecule has 1 aliphatic rings. The number of phenols is 7. The highest BCUT2D eigenvalue weighted by Crippen LogP contribution is 2.61. The standard InChI is InChI=1S/C40H26O11/c1-4-14-34(44)30-28-26-24-20(38(48)32(28)35(14)45)15(42)9-17-22(24)23-18(51-40(50-17)12-5-7-13(41)8-6-12)10-16(43)21-25(23)27(26)29-31(30)36(46)19(11(2)3)37(47)33(29)39(21)49/h5-11,40-47H,4H2,1-3H3. The Morgan fingerprint density at radius 3 is 1.45 bits per heavy atom. The van der Waals surface area contributed by atoms with Crippen molar-refractivity contribution in [3.05, 3.63) is 73.5 Å². The molecule has 9 aromatic carbocycles. The molecule has 11 heteroatoms. The van der Waals surface area contributed by atoms with Crippen molar-refractivity contribution in [2.75, 3.05) is 0 Å². The van der Waals surface area contributed by atoms with Crippen molar-refractivity contribution in [1.29, 1.82) is 0 Å². The highest BCUT2D eigenvalue weighted by Gasteiger charge is 2.38. The second-order valence-electron chi connectivity index (χ2n) is 13.6. The van der Waals surface area contributed by atoms with Gasteiger partial charge in [-0.3, -0.25) is 9.59 Å². The average Bonchev–Trinajstić information content (AvgIpc) is 3.23. The topological polar surface area (TPSA) is 194 Å². The number of fused-ring (bicyclic) bond motifs is 1. The summed E-state index contributed by atoms with van der Waals surface area (Å²) in [5, 5.41) is 81.4. The van der Waals surface area contributed by atoms with Crippen LogP contribution in [0.15, 0.2) is 46.0 Å². The van der Waals surface area contributed by atoms with Crippen LogP contribution >= 0.6 is 0 Å². The van der Waals surface area contributed by atoms with Crippen molar-refractivity contribution in [2.24, 2.45) is 0 Å². The Morgan fingerprint density at radius 2 is 0.961 bits per heavy atom. The van der Waals surface area contributed by atoms with Gasteiger partial charge in [0.2, 0.25) is 10.9 Å². The van der Waals surface area contributed by atoms with Crippen LogP contribution < -0.4 is 20.3 Å². The minimum Gasteiger partial charge on any atom is -0.508 e. The van der Waals surface area contributed by atoms with Crippen LogP contribution in [0.4, 0.5) is 0 Å². The minimum absolute atomic E-state index is 0.00720. The van der Waals surface area contributed by atoms with Gasteiger partial charge in [-0.2, -0.15) is 0 Å². The SMILES string of the molecule is CCc1c(O)c2c(=O)c3c(O)cc4c5c6c(cc(O)c7c(=O)c8c(O)c(C(C)C)c(O)c9c(c1O)c2c(c35)c(c76)c89)OC(c1ccc(O)cc1)O4. The molecule has 0 aromatic heterocycles. The molecular formula is C40H26O11. The first-order valence-electron chi connectivity index (χ1n) is 16.4. The van der Waals surface area contributed by atoms with Gasteiger partial charge in [0, 0.05) is 82.7 Å². The third kappa shape index (κ3) is 3.16. The minimum atomic E-state index is -1.21. The van der Waals surface area contributed by atoms with Gasteiger partial charge < -0.3 is 45.2 Å². The Morgan fingerprint density at radius 1 is 0.549 bits per heavy atom. The molecule has 0 radical (unpaired) electrons. The zero-order chi connectivity index (χ0) is 35.7. The van der Waals surface area contributed by atoms with Gasteiger partial charge in [0.15, 0.2) is 0 Å². The second-order valence-corrected chi connectivity index (χ2v) is 13.6. The molecule has 0 spiro atoms. The van der Waals surface area contributed by atoms with Crippen molar-refractivity contribution >= 4 is 75.4 Å². The number of benzene rings is 9. The van der Waals surface area contributed by atoms with E-state index < -0.39 is 57.6 Å². The Labute approximate surface area is 284 Å². The third-order valence-electron chi connectivity index (χ3n) is 10.8. The fraction of sp³-hybridized carbons (Fsp3) is 0.150. The van der Waals surface area contributed by atoms with Gasteiger partial charge in [0.05, 0.1) is 21.5 Å². The lowest BCUT2D eigenvalue weighted by Gasteiger charge is -2.26. The maximum Gasteiger partial charge on any atom is 0.267 e. The summed E-state index contributed by atoms with van der Waals surface area (Å²) in [5.41, 5.74) is -1.02. The van der Waals surface area contributed by atoms with E-state index in [4.69, 9.17) is 9.47 Å². The highest BCUT2D eigenvalue weighted by atomic mass is 16.7. The van der Waals surface area contributed by atoms with Crippen LogP contribution in [0.5, 0.6) is 51.7 Å². The Bertz CT molecular complexity index is 3150. The van der Waals surface area contributed by atoms with E-state index in [9.17, 15) is 45.3 Å². The molecule has 9 aromatic rings. The largest absolute Gasteiger partial charge is 0.508 e. The molecule has 51 heavy (non-hydrogen) atoms. The molecule has 11 nitrogen and oxygen atoms in total. The highest BCUT2D eigenvalue weighted by molar-refractivity contribution is 6.51. The zero-order valence-corrected chi connectivity index (χ0v) is 27.1. The average molecular weight is 683 g/mol. The lowest BCUT2D eigenvalue weighted by Crippen LogP contribution is -2.14. The van der Waals surface area contributed by atoms with Gasteiger partial charge in [-0.05, 0) is 36.6 Å². The predicted molar refractivity (Wildman–Crippen MR) is 192 cm³/mol. The zero-order valence-electron chi connectivity index (χ0n) is 27.1. The van der Waals surface area contributed by atoms with Crippen LogP contribution in [0, 0.1) is 0 Å². The third-order valence-corrected chi connectivity index (χ3v) is 10.8. The molecule has 1 atom stereocenters. The van der Waals surface area contributed by atoms with Crippen molar-refractivity contribution in [1.82, 2.24) is 0 Å². The summed E-state index contributed by atoms with van der Waals surface area (Å²) in [6, 6.07) is 8.52. The van der Waals surface area contributed by atoms with Gasteiger partial charge in [-0.15, -0.1) is 0 Å². The van der Waals surface area contributed by atoms with Gasteiger partial charge in [-0.25, -0.2) is 0 Å². The monoisotopic (exact) mass is 682 g/mol. The smallest absolute Gasteiger partial charge is 0.267 e. The maximum atomic E-state index is 14.7. The summed E-state index contributed by atoms with van der Waals surface area (Å²) in [7, 11) is 0. The molecule has 0 aliphatic carbocycles. The molecule has 7 N–H and O–H groups in total. The first-order valence-corrected chi connectivity index (χ1v) is 16.4. The number of rotatable bonds is 3. The van der Waals surface area contributed by atoms with E-state index >= 15 is 0 Å². The summed E-state index contributed by atoms with van der Waals surface area (Å²) < 4.78 is 12.8. The molecule has 252 valence electrons. The van der Waals surface area contributed by atoms with Crippen LogP contribution in [-0.4, -0.2) is 35.7 Å². The lowest BCUT2D eigenvalue weighted by atomic mass is 9.77. The predicted octanol–water partition coefficient (Wildman–Crippen LogP) is 7.33. The second kappa shape index (κ2) is 9.13. The number of hydrogen-bond donors (Lipinski definition) is 7. The molecule has 1 heterocycles. The Balaban J connectivity index is 1.62. The van der Waals surface area contributed by atoms with Crippen molar-refractivity contribution < 1.29 is 45.2 Å². The molecule has 10 rings (SSSR count). The van der Waals surface area contributed by atoms with Crippen LogP contribution in [-0.2, 0) is 6.42 Å². The Hall–Kier alpha value is -6.62. The lowest BCUT2D eigenvalue weighted by molar-refractivity contribution is 0.00793. The van der Waals surface area contributed by atoms with Crippen LogP contribution in [0.2, 0.25) is 0 Å². The number of hydrogen-bond acceptors (Lipinski definition) is 11. The van der Waals surface area contributed by atoms with Gasteiger partial charge >= 0.3 is 0 Å². The summed E-state index contributed by atoms with van der Waals surface area (Å²) in [6.45, 7) is 5.09. The summed E-state index contributed by atoms with van der Waals surface area (Å²) in [4.78, 5) is 29.4. The summed E-state index contributed by atoms with van der Waals surface area (Å²) in [6.07, 6.45) is -1.13. The first-order chi connectivity index (χ1) is 24.4. The van der Waals surface area contributed by atoms with E-state index in [0.717, 1.165) is 0 Å². The van der Waals surface area contributed by atoms with Crippen LogP contribution in [0.1, 0.15) is 49.7 Å². The number of ether oxygens (including phenoxy) is 2. The molecular weight excluding hydrogens is 656 g/mol. The van der Waals surface area contributed by atoms with Gasteiger partial charge in [0.25, 0.3) is 6.29 Å². The van der Waals surface area contributed by atoms with E-state index in [2.05, 4.69) is 0 Å². The fourth-order valence-corrected chi connectivity index (χ4v) is 8.78. The van der Waals surface area contributed by atoms with Crippen LogP contribution in [0.3, 0.4) is 0 Å². The molecule has 0 bridgehead atoms.